The predicted octanol–water partition coefficient (Wildman–Crippen LogP) is 0.0445. The Morgan fingerprint density at radius 3 is 2.67 bits per heavy atom. The minimum absolute atomic E-state index is 0.171. The number of carbonyl (C=O) groups is 1. The van der Waals surface area contributed by atoms with E-state index in [1.807, 2.05) is 0 Å². The van der Waals surface area contributed by atoms with Gasteiger partial charge in [-0.15, -0.1) is 10.2 Å². The standard InChI is InChI=1S/C9H13N5O/c10-12-8-5-4-7(13-14-8)9(15)11-6-2-1-3-6/h4-6H,1-3,10H2,(H,11,15)(H,12,14). The molecule has 1 aromatic rings. The zero-order chi connectivity index (χ0) is 10.7. The summed E-state index contributed by atoms with van der Waals surface area (Å²) in [5.41, 5.74) is 2.67. The van der Waals surface area contributed by atoms with Gasteiger partial charge in [-0.25, -0.2) is 5.84 Å². The van der Waals surface area contributed by atoms with Crippen LogP contribution in [0.1, 0.15) is 29.8 Å². The van der Waals surface area contributed by atoms with Gasteiger partial charge in [0.05, 0.1) is 0 Å². The highest BCUT2D eigenvalue weighted by atomic mass is 16.2. The minimum Gasteiger partial charge on any atom is -0.348 e. The van der Waals surface area contributed by atoms with E-state index in [0.29, 0.717) is 17.6 Å². The van der Waals surface area contributed by atoms with Crippen LogP contribution in [0.3, 0.4) is 0 Å². The summed E-state index contributed by atoms with van der Waals surface area (Å²) in [6.45, 7) is 0. The van der Waals surface area contributed by atoms with Crippen LogP contribution in [0.2, 0.25) is 0 Å². The van der Waals surface area contributed by atoms with Gasteiger partial charge in [0.15, 0.2) is 11.5 Å². The molecular weight excluding hydrogens is 194 g/mol. The maximum Gasteiger partial charge on any atom is 0.272 e. The van der Waals surface area contributed by atoms with Crippen LogP contribution in [-0.4, -0.2) is 22.1 Å². The summed E-state index contributed by atoms with van der Waals surface area (Å²) in [7, 11) is 0. The van der Waals surface area contributed by atoms with E-state index < -0.39 is 0 Å². The molecule has 6 nitrogen and oxygen atoms in total. The first-order chi connectivity index (χ1) is 7.29. The van der Waals surface area contributed by atoms with Crippen LogP contribution >= 0.6 is 0 Å². The Morgan fingerprint density at radius 1 is 1.40 bits per heavy atom. The molecule has 0 atom stereocenters. The highest BCUT2D eigenvalue weighted by Gasteiger charge is 2.20. The molecule has 0 aromatic carbocycles. The smallest absolute Gasteiger partial charge is 0.272 e. The number of hydrazine groups is 1. The normalized spacial score (nSPS) is 15.5. The summed E-state index contributed by atoms with van der Waals surface area (Å²) in [5.74, 6) is 5.40. The van der Waals surface area contributed by atoms with Gasteiger partial charge in [0.25, 0.3) is 5.91 Å². The Morgan fingerprint density at radius 2 is 2.20 bits per heavy atom. The summed E-state index contributed by atoms with van der Waals surface area (Å²) in [6.07, 6.45) is 3.30. The van der Waals surface area contributed by atoms with E-state index in [2.05, 4.69) is 20.9 Å². The van der Waals surface area contributed by atoms with Gasteiger partial charge in [-0.3, -0.25) is 4.79 Å². The van der Waals surface area contributed by atoms with Gasteiger partial charge in [0, 0.05) is 6.04 Å². The maximum absolute atomic E-state index is 11.6. The van der Waals surface area contributed by atoms with E-state index in [-0.39, 0.29) is 5.91 Å². The van der Waals surface area contributed by atoms with Gasteiger partial charge in [-0.2, -0.15) is 0 Å². The number of aromatic nitrogens is 2. The molecule has 80 valence electrons. The monoisotopic (exact) mass is 207 g/mol. The second kappa shape index (κ2) is 4.22. The quantitative estimate of drug-likeness (QED) is 0.481. The Kier molecular flexibility index (Phi) is 2.77. The number of rotatable bonds is 3. The number of nitrogens with zero attached hydrogens (tertiary/aromatic N) is 2. The molecular formula is C9H13N5O. The van der Waals surface area contributed by atoms with Crippen molar-refractivity contribution in [1.82, 2.24) is 15.5 Å². The van der Waals surface area contributed by atoms with Crippen LogP contribution in [0.25, 0.3) is 0 Å². The van der Waals surface area contributed by atoms with Crippen molar-refractivity contribution < 1.29 is 4.79 Å². The van der Waals surface area contributed by atoms with E-state index in [1.165, 1.54) is 6.42 Å². The van der Waals surface area contributed by atoms with Crippen LogP contribution in [0.15, 0.2) is 12.1 Å². The molecule has 0 aliphatic heterocycles. The van der Waals surface area contributed by atoms with Crippen molar-refractivity contribution in [3.8, 4) is 0 Å². The number of nitrogens with two attached hydrogens (primary N) is 1. The fraction of sp³-hybridized carbons (Fsp3) is 0.444. The topological polar surface area (TPSA) is 92.9 Å². The predicted molar refractivity (Wildman–Crippen MR) is 54.9 cm³/mol. The molecule has 1 aromatic heterocycles. The highest BCUT2D eigenvalue weighted by Crippen LogP contribution is 2.18. The lowest BCUT2D eigenvalue weighted by molar-refractivity contribution is 0.0911. The molecule has 0 spiro atoms. The molecule has 1 saturated carbocycles. The van der Waals surface area contributed by atoms with Crippen LogP contribution in [0.4, 0.5) is 5.82 Å². The molecule has 1 heterocycles. The lowest BCUT2D eigenvalue weighted by atomic mass is 9.93. The zero-order valence-electron chi connectivity index (χ0n) is 8.23. The number of amides is 1. The number of hydrogen-bond acceptors (Lipinski definition) is 5. The minimum atomic E-state index is -0.171. The fourth-order valence-corrected chi connectivity index (χ4v) is 1.34. The molecule has 1 amide bonds. The van der Waals surface area contributed by atoms with Gasteiger partial charge in [0.2, 0.25) is 0 Å². The highest BCUT2D eigenvalue weighted by molar-refractivity contribution is 5.92. The largest absolute Gasteiger partial charge is 0.348 e. The van der Waals surface area contributed by atoms with Crippen molar-refractivity contribution in [3.63, 3.8) is 0 Å². The Bertz CT molecular complexity index is 346. The summed E-state index contributed by atoms with van der Waals surface area (Å²) < 4.78 is 0. The van der Waals surface area contributed by atoms with E-state index >= 15 is 0 Å². The third-order valence-corrected chi connectivity index (χ3v) is 2.49. The van der Waals surface area contributed by atoms with E-state index in [9.17, 15) is 4.79 Å². The molecule has 1 aliphatic carbocycles. The third-order valence-electron chi connectivity index (χ3n) is 2.49. The van der Waals surface area contributed by atoms with Crippen molar-refractivity contribution in [2.24, 2.45) is 5.84 Å². The number of nitrogens with one attached hydrogen (secondary N) is 2. The summed E-state index contributed by atoms with van der Waals surface area (Å²) in [6, 6.07) is 3.52. The Balaban J connectivity index is 1.98. The van der Waals surface area contributed by atoms with Crippen molar-refractivity contribution >= 4 is 11.7 Å². The first kappa shape index (κ1) is 9.85. The third kappa shape index (κ3) is 2.21. The van der Waals surface area contributed by atoms with Crippen LogP contribution in [0.5, 0.6) is 0 Å². The molecule has 1 aliphatic rings. The number of carbonyl (C=O) groups excluding carboxylic acids is 1. The average Bonchev–Trinajstić information content (AvgIpc) is 2.23. The van der Waals surface area contributed by atoms with Crippen LogP contribution < -0.4 is 16.6 Å². The average molecular weight is 207 g/mol. The Hall–Kier alpha value is -1.69. The lowest BCUT2D eigenvalue weighted by Gasteiger charge is -2.25. The maximum atomic E-state index is 11.6. The van der Waals surface area contributed by atoms with E-state index in [1.54, 1.807) is 12.1 Å². The lowest BCUT2D eigenvalue weighted by Crippen LogP contribution is -2.39. The number of hydrogen-bond donors (Lipinski definition) is 3. The van der Waals surface area contributed by atoms with Crippen molar-refractivity contribution in [2.45, 2.75) is 25.3 Å². The van der Waals surface area contributed by atoms with Crippen molar-refractivity contribution in [3.05, 3.63) is 17.8 Å². The van der Waals surface area contributed by atoms with Crippen LogP contribution in [0, 0.1) is 0 Å². The molecule has 6 heteroatoms. The SMILES string of the molecule is NNc1ccc(C(=O)NC2CCC2)nn1. The summed E-state index contributed by atoms with van der Waals surface area (Å²) in [5, 5.41) is 10.4. The summed E-state index contributed by atoms with van der Waals surface area (Å²) >= 11 is 0. The van der Waals surface area contributed by atoms with Crippen molar-refractivity contribution in [2.75, 3.05) is 5.43 Å². The van der Waals surface area contributed by atoms with Crippen LogP contribution in [-0.2, 0) is 0 Å². The second-order valence-corrected chi connectivity index (χ2v) is 3.55. The molecule has 0 saturated heterocycles. The fourth-order valence-electron chi connectivity index (χ4n) is 1.34. The van der Waals surface area contributed by atoms with Gasteiger partial charge in [-0.1, -0.05) is 0 Å². The van der Waals surface area contributed by atoms with Gasteiger partial charge >= 0.3 is 0 Å². The second-order valence-electron chi connectivity index (χ2n) is 3.55. The van der Waals surface area contributed by atoms with Crippen molar-refractivity contribution in [1.29, 1.82) is 0 Å². The molecule has 0 radical (unpaired) electrons. The molecule has 15 heavy (non-hydrogen) atoms. The van der Waals surface area contributed by atoms with Gasteiger partial charge < -0.3 is 10.7 Å². The Labute approximate surface area is 87.2 Å². The molecule has 1 fully saturated rings. The van der Waals surface area contributed by atoms with Gasteiger partial charge in [-0.05, 0) is 31.4 Å². The zero-order valence-corrected chi connectivity index (χ0v) is 8.23. The molecule has 0 unspecified atom stereocenters. The number of anilines is 1. The number of nitrogen functional groups attached to an aromatic ring is 1. The summed E-state index contributed by atoms with van der Waals surface area (Å²) in [4.78, 5) is 11.6. The van der Waals surface area contributed by atoms with Gasteiger partial charge in [0.1, 0.15) is 0 Å². The first-order valence-electron chi connectivity index (χ1n) is 4.91. The molecule has 4 N–H and O–H groups in total. The first-order valence-corrected chi connectivity index (χ1v) is 4.91. The molecule has 0 bridgehead atoms. The van der Waals surface area contributed by atoms with E-state index in [0.717, 1.165) is 12.8 Å². The molecule has 2 rings (SSSR count). The van der Waals surface area contributed by atoms with E-state index in [4.69, 9.17) is 5.84 Å².